The van der Waals surface area contributed by atoms with Crippen molar-refractivity contribution >= 4 is 21.9 Å². The Bertz CT molecular complexity index is 426. The van der Waals surface area contributed by atoms with Crippen LogP contribution in [0.1, 0.15) is 35.0 Å². The minimum absolute atomic E-state index is 0.0229. The van der Waals surface area contributed by atoms with Gasteiger partial charge in [0.2, 0.25) is 5.95 Å². The Morgan fingerprint density at radius 1 is 1.59 bits per heavy atom. The van der Waals surface area contributed by atoms with Gasteiger partial charge in [0.1, 0.15) is 0 Å². The first kappa shape index (κ1) is 14.0. The molecule has 1 heterocycles. The van der Waals surface area contributed by atoms with Crippen molar-refractivity contribution in [2.45, 2.75) is 18.7 Å². The summed E-state index contributed by atoms with van der Waals surface area (Å²) in [5.74, 6) is -1.97. The highest BCUT2D eigenvalue weighted by Gasteiger charge is 2.25. The molecule has 0 unspecified atom stereocenters. The van der Waals surface area contributed by atoms with E-state index in [1.807, 2.05) is 0 Å². The van der Waals surface area contributed by atoms with E-state index in [1.54, 1.807) is 0 Å². The molecule has 0 radical (unpaired) electrons. The third kappa shape index (κ3) is 3.18. The number of carbonyl (C=O) groups is 1. The third-order valence-corrected chi connectivity index (χ3v) is 2.48. The van der Waals surface area contributed by atoms with Crippen LogP contribution in [0.2, 0.25) is 0 Å². The molecule has 0 amide bonds. The Kier molecular flexibility index (Phi) is 4.92. The zero-order chi connectivity index (χ0) is 13.0. The average molecular weight is 312 g/mol. The molecule has 0 N–H and O–H groups in total. The minimum Gasteiger partial charge on any atom is -0.462 e. The minimum atomic E-state index is -2.92. The predicted molar refractivity (Wildman–Crippen MR) is 57.7 cm³/mol. The summed E-state index contributed by atoms with van der Waals surface area (Å²) in [5, 5.41) is -0.0726. The third-order valence-electron chi connectivity index (χ3n) is 1.95. The lowest BCUT2D eigenvalue weighted by molar-refractivity contribution is 0.0514. The van der Waals surface area contributed by atoms with Gasteiger partial charge in [-0.15, -0.1) is 0 Å². The molecule has 0 bridgehead atoms. The molecule has 0 fully saturated rings. The smallest absolute Gasteiger partial charge is 0.338 e. The standard InChI is InChI=1S/C10H9BrF3NO2/c1-2-17-10(16)5-3-7(12)15-6(4-11)8(5)9(13)14/h3,9H,2,4H2,1H3. The van der Waals surface area contributed by atoms with Crippen molar-refractivity contribution in [1.82, 2.24) is 4.98 Å². The van der Waals surface area contributed by atoms with Gasteiger partial charge in [-0.2, -0.15) is 4.39 Å². The summed E-state index contributed by atoms with van der Waals surface area (Å²) < 4.78 is 43.3. The first-order valence-electron chi connectivity index (χ1n) is 4.71. The second kappa shape index (κ2) is 6.00. The van der Waals surface area contributed by atoms with Gasteiger partial charge in [0, 0.05) is 11.4 Å². The van der Waals surface area contributed by atoms with Crippen molar-refractivity contribution in [1.29, 1.82) is 0 Å². The molecular weight excluding hydrogens is 303 g/mol. The number of halogens is 4. The largest absolute Gasteiger partial charge is 0.462 e. The van der Waals surface area contributed by atoms with Crippen molar-refractivity contribution in [3.05, 3.63) is 28.8 Å². The van der Waals surface area contributed by atoms with E-state index in [4.69, 9.17) is 0 Å². The first-order valence-corrected chi connectivity index (χ1v) is 5.83. The number of alkyl halides is 3. The molecule has 0 saturated carbocycles. The van der Waals surface area contributed by atoms with Gasteiger partial charge in [0.15, 0.2) is 0 Å². The van der Waals surface area contributed by atoms with Gasteiger partial charge >= 0.3 is 5.97 Å². The molecule has 1 aromatic rings. The van der Waals surface area contributed by atoms with Crippen LogP contribution < -0.4 is 0 Å². The Morgan fingerprint density at radius 2 is 2.24 bits per heavy atom. The van der Waals surface area contributed by atoms with E-state index in [1.165, 1.54) is 6.92 Å². The van der Waals surface area contributed by atoms with Crippen LogP contribution in [-0.2, 0) is 10.1 Å². The maximum absolute atomic E-state index is 13.1. The molecule has 0 aliphatic rings. The molecule has 3 nitrogen and oxygen atoms in total. The van der Waals surface area contributed by atoms with E-state index >= 15 is 0 Å². The van der Waals surface area contributed by atoms with Gasteiger partial charge in [-0.05, 0) is 6.92 Å². The highest BCUT2D eigenvalue weighted by Crippen LogP contribution is 2.28. The summed E-state index contributed by atoms with van der Waals surface area (Å²) in [5.41, 5.74) is -1.28. The SMILES string of the molecule is CCOC(=O)c1cc(F)nc(CBr)c1C(F)F. The molecule has 94 valence electrons. The fourth-order valence-electron chi connectivity index (χ4n) is 1.30. The van der Waals surface area contributed by atoms with Gasteiger partial charge in [-0.25, -0.2) is 18.6 Å². The number of hydrogen-bond donors (Lipinski definition) is 0. The molecule has 0 atom stereocenters. The molecular formula is C10H9BrF3NO2. The highest BCUT2D eigenvalue weighted by molar-refractivity contribution is 9.08. The van der Waals surface area contributed by atoms with Crippen LogP contribution in [0.25, 0.3) is 0 Å². The Hall–Kier alpha value is -1.11. The van der Waals surface area contributed by atoms with E-state index in [-0.39, 0.29) is 17.6 Å². The maximum Gasteiger partial charge on any atom is 0.338 e. The molecule has 1 rings (SSSR count). The number of esters is 1. The average Bonchev–Trinajstić information content (AvgIpc) is 2.27. The van der Waals surface area contributed by atoms with Crippen LogP contribution in [-0.4, -0.2) is 17.6 Å². The van der Waals surface area contributed by atoms with Crippen molar-refractivity contribution < 1.29 is 22.7 Å². The molecule has 7 heteroatoms. The second-order valence-electron chi connectivity index (χ2n) is 3.01. The van der Waals surface area contributed by atoms with Crippen molar-refractivity contribution in [3.63, 3.8) is 0 Å². The van der Waals surface area contributed by atoms with Crippen LogP contribution in [0.4, 0.5) is 13.2 Å². The van der Waals surface area contributed by atoms with Gasteiger partial charge < -0.3 is 4.74 Å². The topological polar surface area (TPSA) is 39.2 Å². The molecule has 0 aliphatic heterocycles. The Labute approximate surface area is 104 Å². The van der Waals surface area contributed by atoms with Gasteiger partial charge in [-0.1, -0.05) is 15.9 Å². The quantitative estimate of drug-likeness (QED) is 0.487. The first-order chi connectivity index (χ1) is 8.01. The lowest BCUT2D eigenvalue weighted by Crippen LogP contribution is -2.12. The number of pyridine rings is 1. The molecule has 0 aliphatic carbocycles. The number of rotatable bonds is 4. The molecule has 1 aromatic heterocycles. The number of ether oxygens (including phenoxy) is 1. The summed E-state index contributed by atoms with van der Waals surface area (Å²) >= 11 is 2.92. The van der Waals surface area contributed by atoms with Crippen LogP contribution in [0, 0.1) is 5.95 Å². The predicted octanol–water partition coefficient (Wildman–Crippen LogP) is 3.23. The van der Waals surface area contributed by atoms with Crippen LogP contribution in [0.3, 0.4) is 0 Å². The summed E-state index contributed by atoms with van der Waals surface area (Å²) in [7, 11) is 0. The molecule has 17 heavy (non-hydrogen) atoms. The Balaban J connectivity index is 3.35. The summed E-state index contributed by atoms with van der Waals surface area (Å²) in [6.45, 7) is 1.55. The fraction of sp³-hybridized carbons (Fsp3) is 0.400. The maximum atomic E-state index is 13.1. The summed E-state index contributed by atoms with van der Waals surface area (Å²) in [6, 6.07) is 0.658. The Morgan fingerprint density at radius 3 is 2.71 bits per heavy atom. The highest BCUT2D eigenvalue weighted by atomic mass is 79.9. The molecule has 0 aromatic carbocycles. The monoisotopic (exact) mass is 311 g/mol. The molecule has 0 saturated heterocycles. The lowest BCUT2D eigenvalue weighted by Gasteiger charge is -2.11. The van der Waals surface area contributed by atoms with Gasteiger partial charge in [0.25, 0.3) is 6.43 Å². The normalized spacial score (nSPS) is 10.7. The van der Waals surface area contributed by atoms with Gasteiger partial charge in [0.05, 0.1) is 23.4 Å². The van der Waals surface area contributed by atoms with Crippen LogP contribution in [0.5, 0.6) is 0 Å². The van der Waals surface area contributed by atoms with Gasteiger partial charge in [-0.3, -0.25) is 0 Å². The van der Waals surface area contributed by atoms with Crippen molar-refractivity contribution in [2.24, 2.45) is 0 Å². The zero-order valence-corrected chi connectivity index (χ0v) is 10.4. The number of aromatic nitrogens is 1. The lowest BCUT2D eigenvalue weighted by atomic mass is 10.1. The fourth-order valence-corrected chi connectivity index (χ4v) is 1.72. The number of hydrogen-bond acceptors (Lipinski definition) is 3. The molecule has 0 spiro atoms. The number of nitrogens with zero attached hydrogens (tertiary/aromatic N) is 1. The van der Waals surface area contributed by atoms with Crippen molar-refractivity contribution in [2.75, 3.05) is 6.61 Å². The second-order valence-corrected chi connectivity index (χ2v) is 3.57. The number of carbonyl (C=O) groups excluding carboxylic acids is 1. The van der Waals surface area contributed by atoms with E-state index in [9.17, 15) is 18.0 Å². The van der Waals surface area contributed by atoms with Crippen molar-refractivity contribution in [3.8, 4) is 0 Å². The van der Waals surface area contributed by atoms with Crippen LogP contribution in [0.15, 0.2) is 6.07 Å². The van der Waals surface area contributed by atoms with Crippen LogP contribution >= 0.6 is 15.9 Å². The van der Waals surface area contributed by atoms with E-state index in [2.05, 4.69) is 25.7 Å². The van der Waals surface area contributed by atoms with E-state index in [0.29, 0.717) is 6.07 Å². The zero-order valence-electron chi connectivity index (χ0n) is 8.84. The summed E-state index contributed by atoms with van der Waals surface area (Å²) in [4.78, 5) is 14.7. The van der Waals surface area contributed by atoms with E-state index in [0.717, 1.165) is 0 Å². The summed E-state index contributed by atoms with van der Waals surface area (Å²) in [6.07, 6.45) is -2.92. The van der Waals surface area contributed by atoms with E-state index < -0.39 is 29.5 Å².